The molecule has 0 spiro atoms. The van der Waals surface area contributed by atoms with Gasteiger partial charge in [-0.3, -0.25) is 9.59 Å². The number of phenolic OH excluding ortho intramolecular Hbond substituents is 1. The molecule has 0 bridgehead atoms. The molecule has 0 heterocycles. The summed E-state index contributed by atoms with van der Waals surface area (Å²) in [5, 5.41) is 20.7. The van der Waals surface area contributed by atoms with Crippen molar-refractivity contribution in [2.24, 2.45) is 0 Å². The Kier molecular flexibility index (Phi) is 4.74. The second-order valence-electron chi connectivity index (χ2n) is 4.76. The van der Waals surface area contributed by atoms with Crippen LogP contribution in [0.4, 0.5) is 0 Å². The quantitative estimate of drug-likeness (QED) is 0.718. The first-order valence-corrected chi connectivity index (χ1v) is 5.74. The molecule has 0 saturated heterocycles. The average molecular weight is 267 g/mol. The number of benzene rings is 1. The standard InChI is InChI=1S/C13H17NO5/c1-13(2,7-12(17)18)14-11(16)8-19-10-6-4-3-5-9(10)15/h3-6,15H,7-8H2,1-2H3,(H,14,16)(H,17,18). The number of rotatable bonds is 6. The van der Waals surface area contributed by atoms with Gasteiger partial charge >= 0.3 is 5.97 Å². The van der Waals surface area contributed by atoms with E-state index in [2.05, 4.69) is 5.32 Å². The van der Waals surface area contributed by atoms with Crippen LogP contribution in [0.5, 0.6) is 11.5 Å². The van der Waals surface area contributed by atoms with Gasteiger partial charge in [-0.05, 0) is 26.0 Å². The Morgan fingerprint density at radius 1 is 1.32 bits per heavy atom. The van der Waals surface area contributed by atoms with Crippen molar-refractivity contribution in [1.29, 1.82) is 0 Å². The van der Waals surface area contributed by atoms with E-state index in [-0.39, 0.29) is 24.5 Å². The smallest absolute Gasteiger partial charge is 0.305 e. The van der Waals surface area contributed by atoms with Crippen molar-refractivity contribution >= 4 is 11.9 Å². The number of carbonyl (C=O) groups is 2. The molecule has 0 aliphatic heterocycles. The molecular formula is C13H17NO5. The predicted molar refractivity (Wildman–Crippen MR) is 68.1 cm³/mol. The summed E-state index contributed by atoms with van der Waals surface area (Å²) in [5.74, 6) is -1.30. The molecule has 6 heteroatoms. The number of phenols is 1. The first-order chi connectivity index (χ1) is 8.80. The Bertz CT molecular complexity index is 470. The van der Waals surface area contributed by atoms with Crippen LogP contribution in [0.2, 0.25) is 0 Å². The fourth-order valence-corrected chi connectivity index (χ4v) is 1.56. The monoisotopic (exact) mass is 267 g/mol. The van der Waals surface area contributed by atoms with E-state index in [1.165, 1.54) is 12.1 Å². The van der Waals surface area contributed by atoms with Crippen molar-refractivity contribution in [2.75, 3.05) is 6.61 Å². The molecule has 1 amide bonds. The van der Waals surface area contributed by atoms with Crippen LogP contribution in [-0.4, -0.2) is 34.2 Å². The van der Waals surface area contributed by atoms with Crippen LogP contribution >= 0.6 is 0 Å². The van der Waals surface area contributed by atoms with Crippen LogP contribution in [0.3, 0.4) is 0 Å². The Hall–Kier alpha value is -2.24. The van der Waals surface area contributed by atoms with Gasteiger partial charge in [-0.25, -0.2) is 0 Å². The lowest BCUT2D eigenvalue weighted by Gasteiger charge is -2.24. The number of para-hydroxylation sites is 2. The maximum Gasteiger partial charge on any atom is 0.305 e. The van der Waals surface area contributed by atoms with E-state index in [1.807, 2.05) is 0 Å². The number of carbonyl (C=O) groups excluding carboxylic acids is 1. The van der Waals surface area contributed by atoms with Crippen molar-refractivity contribution in [1.82, 2.24) is 5.32 Å². The average Bonchev–Trinajstić information content (AvgIpc) is 2.25. The van der Waals surface area contributed by atoms with E-state index >= 15 is 0 Å². The highest BCUT2D eigenvalue weighted by atomic mass is 16.5. The normalized spacial score (nSPS) is 10.8. The largest absolute Gasteiger partial charge is 0.504 e. The van der Waals surface area contributed by atoms with E-state index in [0.29, 0.717) is 0 Å². The fraction of sp³-hybridized carbons (Fsp3) is 0.385. The number of amides is 1. The predicted octanol–water partition coefficient (Wildman–Crippen LogP) is 1.14. The topological polar surface area (TPSA) is 95.9 Å². The minimum atomic E-state index is -0.994. The summed E-state index contributed by atoms with van der Waals surface area (Å²) >= 11 is 0. The Labute approximate surface area is 111 Å². The van der Waals surface area contributed by atoms with Gasteiger partial charge in [0.1, 0.15) is 0 Å². The third-order valence-electron chi connectivity index (χ3n) is 2.29. The fourth-order valence-electron chi connectivity index (χ4n) is 1.56. The lowest BCUT2D eigenvalue weighted by atomic mass is 10.0. The molecule has 0 aliphatic rings. The molecule has 0 atom stereocenters. The zero-order valence-corrected chi connectivity index (χ0v) is 10.8. The highest BCUT2D eigenvalue weighted by Crippen LogP contribution is 2.24. The number of nitrogens with one attached hydrogen (secondary N) is 1. The van der Waals surface area contributed by atoms with Crippen LogP contribution < -0.4 is 10.1 Å². The molecular weight excluding hydrogens is 250 g/mol. The van der Waals surface area contributed by atoms with Crippen LogP contribution in [0.25, 0.3) is 0 Å². The maximum atomic E-state index is 11.6. The Morgan fingerprint density at radius 2 is 1.95 bits per heavy atom. The van der Waals surface area contributed by atoms with Gasteiger partial charge in [-0.2, -0.15) is 0 Å². The minimum Gasteiger partial charge on any atom is -0.504 e. The SMILES string of the molecule is CC(C)(CC(=O)O)NC(=O)COc1ccccc1O. The van der Waals surface area contributed by atoms with Crippen molar-refractivity contribution < 1.29 is 24.5 Å². The zero-order chi connectivity index (χ0) is 14.5. The number of hydrogen-bond acceptors (Lipinski definition) is 4. The van der Waals surface area contributed by atoms with Crippen molar-refractivity contribution in [3.05, 3.63) is 24.3 Å². The number of carboxylic acids is 1. The minimum absolute atomic E-state index is 0.0555. The van der Waals surface area contributed by atoms with Gasteiger partial charge in [0.15, 0.2) is 18.1 Å². The molecule has 0 unspecified atom stereocenters. The van der Waals surface area contributed by atoms with Crippen molar-refractivity contribution in [3.63, 3.8) is 0 Å². The molecule has 1 aromatic rings. The highest BCUT2D eigenvalue weighted by Gasteiger charge is 2.23. The Morgan fingerprint density at radius 3 is 2.53 bits per heavy atom. The van der Waals surface area contributed by atoms with Gasteiger partial charge in [-0.15, -0.1) is 0 Å². The zero-order valence-electron chi connectivity index (χ0n) is 10.8. The molecule has 6 nitrogen and oxygen atoms in total. The second kappa shape index (κ2) is 6.08. The van der Waals surface area contributed by atoms with Crippen LogP contribution in [0, 0.1) is 0 Å². The van der Waals surface area contributed by atoms with E-state index in [1.54, 1.807) is 26.0 Å². The number of hydrogen-bond donors (Lipinski definition) is 3. The van der Waals surface area contributed by atoms with E-state index in [0.717, 1.165) is 0 Å². The number of ether oxygens (including phenoxy) is 1. The summed E-state index contributed by atoms with van der Waals surface area (Å²) in [4.78, 5) is 22.2. The van der Waals surface area contributed by atoms with Gasteiger partial charge in [-0.1, -0.05) is 12.1 Å². The maximum absolute atomic E-state index is 11.6. The molecule has 3 N–H and O–H groups in total. The van der Waals surface area contributed by atoms with Crippen LogP contribution in [-0.2, 0) is 9.59 Å². The first-order valence-electron chi connectivity index (χ1n) is 5.74. The van der Waals surface area contributed by atoms with Gasteiger partial charge in [0.05, 0.1) is 6.42 Å². The van der Waals surface area contributed by atoms with Gasteiger partial charge in [0.2, 0.25) is 0 Å². The number of carboxylic acid groups (broad SMARTS) is 1. The molecule has 1 rings (SSSR count). The van der Waals surface area contributed by atoms with E-state index < -0.39 is 17.4 Å². The van der Waals surface area contributed by atoms with Crippen LogP contribution in [0.1, 0.15) is 20.3 Å². The summed E-state index contributed by atoms with van der Waals surface area (Å²) in [6.07, 6.45) is -0.185. The molecule has 0 fully saturated rings. The molecule has 0 saturated carbocycles. The summed E-state index contributed by atoms with van der Waals surface area (Å²) in [6.45, 7) is 2.93. The molecule has 0 aromatic heterocycles. The third kappa shape index (κ3) is 5.29. The van der Waals surface area contributed by atoms with Crippen molar-refractivity contribution in [3.8, 4) is 11.5 Å². The second-order valence-corrected chi connectivity index (χ2v) is 4.76. The molecule has 104 valence electrons. The van der Waals surface area contributed by atoms with Crippen molar-refractivity contribution in [2.45, 2.75) is 25.8 Å². The van der Waals surface area contributed by atoms with Crippen LogP contribution in [0.15, 0.2) is 24.3 Å². The Balaban J connectivity index is 2.48. The summed E-state index contributed by atoms with van der Waals surface area (Å²) in [5.41, 5.74) is -0.856. The molecule has 1 aromatic carbocycles. The lowest BCUT2D eigenvalue weighted by Crippen LogP contribution is -2.46. The lowest BCUT2D eigenvalue weighted by molar-refractivity contribution is -0.138. The van der Waals surface area contributed by atoms with Gasteiger partial charge < -0.3 is 20.3 Å². The van der Waals surface area contributed by atoms with E-state index in [4.69, 9.17) is 9.84 Å². The van der Waals surface area contributed by atoms with E-state index in [9.17, 15) is 14.7 Å². The number of aliphatic carboxylic acids is 1. The summed E-state index contributed by atoms with van der Waals surface area (Å²) in [6, 6.07) is 6.28. The highest BCUT2D eigenvalue weighted by molar-refractivity contribution is 5.79. The third-order valence-corrected chi connectivity index (χ3v) is 2.29. The first kappa shape index (κ1) is 14.8. The summed E-state index contributed by atoms with van der Waals surface area (Å²) in [7, 11) is 0. The molecule has 0 radical (unpaired) electrons. The summed E-state index contributed by atoms with van der Waals surface area (Å²) < 4.78 is 5.14. The molecule has 19 heavy (non-hydrogen) atoms. The molecule has 0 aliphatic carbocycles. The number of aromatic hydroxyl groups is 1. The van der Waals surface area contributed by atoms with Gasteiger partial charge in [0.25, 0.3) is 5.91 Å². The van der Waals surface area contributed by atoms with Gasteiger partial charge in [0, 0.05) is 5.54 Å².